The first-order valence-electron chi connectivity index (χ1n) is 4.85. The Labute approximate surface area is 69.8 Å². The van der Waals surface area contributed by atoms with Gasteiger partial charge in [0.15, 0.2) is 0 Å². The Hall–Kier alpha value is -0.0400. The molecule has 1 saturated carbocycles. The van der Waals surface area contributed by atoms with Gasteiger partial charge in [0.2, 0.25) is 0 Å². The molecule has 0 saturated heterocycles. The lowest BCUT2D eigenvalue weighted by atomic mass is 9.73. The molecule has 0 aromatic rings. The van der Waals surface area contributed by atoms with Gasteiger partial charge in [-0.2, -0.15) is 0 Å². The van der Waals surface area contributed by atoms with Crippen molar-refractivity contribution in [3.63, 3.8) is 0 Å². The predicted octanol–water partition coefficient (Wildman–Crippen LogP) is 2.58. The molecule has 0 spiro atoms. The number of aliphatic hydroxyl groups excluding tert-OH is 1. The normalized spacial score (nSPS) is 36.0. The Morgan fingerprint density at radius 1 is 1.27 bits per heavy atom. The molecule has 2 atom stereocenters. The van der Waals surface area contributed by atoms with Crippen LogP contribution >= 0.6 is 0 Å². The van der Waals surface area contributed by atoms with Gasteiger partial charge in [-0.05, 0) is 37.0 Å². The molecule has 1 unspecified atom stereocenters. The van der Waals surface area contributed by atoms with Gasteiger partial charge in [-0.25, -0.2) is 0 Å². The fraction of sp³-hybridized carbons (Fsp3) is 1.00. The summed E-state index contributed by atoms with van der Waals surface area (Å²) < 4.78 is 0. The number of hydrogen-bond acceptors (Lipinski definition) is 1. The molecule has 1 aliphatic carbocycles. The van der Waals surface area contributed by atoms with Gasteiger partial charge in [0, 0.05) is 0 Å². The van der Waals surface area contributed by atoms with Crippen molar-refractivity contribution in [3.8, 4) is 0 Å². The average molecular weight is 156 g/mol. The Morgan fingerprint density at radius 3 is 2.00 bits per heavy atom. The molecular weight excluding hydrogens is 136 g/mol. The predicted molar refractivity (Wildman–Crippen MR) is 47.4 cm³/mol. The Kier molecular flexibility index (Phi) is 2.58. The molecule has 0 aromatic carbocycles. The maximum atomic E-state index is 9.81. The summed E-state index contributed by atoms with van der Waals surface area (Å²) in [6.07, 6.45) is 4.45. The second kappa shape index (κ2) is 3.14. The van der Waals surface area contributed by atoms with E-state index in [4.69, 9.17) is 0 Å². The summed E-state index contributed by atoms with van der Waals surface area (Å²) in [5, 5.41) is 9.81. The molecule has 1 rings (SSSR count). The van der Waals surface area contributed by atoms with Crippen molar-refractivity contribution >= 4 is 0 Å². The molecule has 0 bridgehead atoms. The van der Waals surface area contributed by atoms with Crippen LogP contribution in [0, 0.1) is 11.3 Å². The fourth-order valence-corrected chi connectivity index (χ4v) is 2.73. The first-order chi connectivity index (χ1) is 5.17. The molecule has 1 N–H and O–H groups in total. The van der Waals surface area contributed by atoms with Crippen molar-refractivity contribution in [2.75, 3.05) is 0 Å². The minimum Gasteiger partial charge on any atom is -0.393 e. The summed E-state index contributed by atoms with van der Waals surface area (Å²) in [6, 6.07) is 0. The van der Waals surface area contributed by atoms with Gasteiger partial charge < -0.3 is 5.11 Å². The number of rotatable bonds is 2. The Morgan fingerprint density at radius 2 is 1.82 bits per heavy atom. The number of hydrogen-bond donors (Lipinski definition) is 1. The van der Waals surface area contributed by atoms with Crippen molar-refractivity contribution in [2.24, 2.45) is 11.3 Å². The molecular formula is C10H20O. The highest BCUT2D eigenvalue weighted by atomic mass is 16.3. The molecule has 0 heterocycles. The van der Waals surface area contributed by atoms with Gasteiger partial charge in [0.1, 0.15) is 0 Å². The van der Waals surface area contributed by atoms with Crippen LogP contribution in [-0.2, 0) is 0 Å². The van der Waals surface area contributed by atoms with Crippen LogP contribution in [0.3, 0.4) is 0 Å². The molecule has 66 valence electrons. The van der Waals surface area contributed by atoms with Gasteiger partial charge in [-0.3, -0.25) is 0 Å². The van der Waals surface area contributed by atoms with E-state index in [2.05, 4.69) is 20.8 Å². The highest BCUT2D eigenvalue weighted by Crippen LogP contribution is 2.48. The number of aliphatic hydroxyl groups is 1. The Bertz CT molecular complexity index is 115. The topological polar surface area (TPSA) is 20.2 Å². The maximum Gasteiger partial charge on any atom is 0.0598 e. The summed E-state index contributed by atoms with van der Waals surface area (Å²) in [6.45, 7) is 6.69. The molecule has 1 heteroatoms. The maximum absolute atomic E-state index is 9.81. The summed E-state index contributed by atoms with van der Waals surface area (Å²) >= 11 is 0. The smallest absolute Gasteiger partial charge is 0.0598 e. The third-order valence-electron chi connectivity index (χ3n) is 3.83. The Balaban J connectivity index is 2.76. The van der Waals surface area contributed by atoms with Crippen LogP contribution in [0.15, 0.2) is 0 Å². The lowest BCUT2D eigenvalue weighted by Gasteiger charge is -2.34. The van der Waals surface area contributed by atoms with Gasteiger partial charge in [0.05, 0.1) is 6.10 Å². The van der Waals surface area contributed by atoms with Crippen LogP contribution in [0.5, 0.6) is 0 Å². The molecule has 1 nitrogen and oxygen atoms in total. The molecule has 0 amide bonds. The molecule has 0 radical (unpaired) electrons. The van der Waals surface area contributed by atoms with E-state index < -0.39 is 0 Å². The van der Waals surface area contributed by atoms with Crippen molar-refractivity contribution in [1.82, 2.24) is 0 Å². The minimum atomic E-state index is -0.0347. The first-order valence-corrected chi connectivity index (χ1v) is 4.85. The fourth-order valence-electron chi connectivity index (χ4n) is 2.73. The summed E-state index contributed by atoms with van der Waals surface area (Å²) in [7, 11) is 0. The summed E-state index contributed by atoms with van der Waals surface area (Å²) in [5.74, 6) is 0.715. The third kappa shape index (κ3) is 1.20. The second-order valence-corrected chi connectivity index (χ2v) is 3.93. The van der Waals surface area contributed by atoms with E-state index in [0.717, 1.165) is 19.3 Å². The van der Waals surface area contributed by atoms with Gasteiger partial charge >= 0.3 is 0 Å². The largest absolute Gasteiger partial charge is 0.393 e. The monoisotopic (exact) mass is 156 g/mol. The third-order valence-corrected chi connectivity index (χ3v) is 3.83. The van der Waals surface area contributed by atoms with E-state index in [9.17, 15) is 5.11 Å². The van der Waals surface area contributed by atoms with E-state index in [1.165, 1.54) is 6.42 Å². The molecule has 11 heavy (non-hydrogen) atoms. The molecule has 0 aliphatic heterocycles. The van der Waals surface area contributed by atoms with Crippen molar-refractivity contribution < 1.29 is 5.11 Å². The second-order valence-electron chi connectivity index (χ2n) is 3.93. The lowest BCUT2D eigenvalue weighted by molar-refractivity contribution is 0.0222. The highest BCUT2D eigenvalue weighted by molar-refractivity contribution is 4.94. The summed E-state index contributed by atoms with van der Waals surface area (Å²) in [5.41, 5.74) is 0.250. The van der Waals surface area contributed by atoms with E-state index >= 15 is 0 Å². The van der Waals surface area contributed by atoms with Crippen LogP contribution in [0.2, 0.25) is 0 Å². The highest BCUT2D eigenvalue weighted by Gasteiger charge is 2.44. The van der Waals surface area contributed by atoms with Crippen molar-refractivity contribution in [2.45, 2.75) is 52.6 Å². The average Bonchev–Trinajstić information content (AvgIpc) is 2.29. The van der Waals surface area contributed by atoms with E-state index in [1.807, 2.05) is 0 Å². The van der Waals surface area contributed by atoms with Crippen molar-refractivity contribution in [3.05, 3.63) is 0 Å². The van der Waals surface area contributed by atoms with Crippen LogP contribution < -0.4 is 0 Å². The van der Waals surface area contributed by atoms with Gasteiger partial charge in [0.25, 0.3) is 0 Å². The molecule has 1 aliphatic rings. The van der Waals surface area contributed by atoms with Crippen LogP contribution in [-0.4, -0.2) is 11.2 Å². The van der Waals surface area contributed by atoms with Crippen molar-refractivity contribution in [1.29, 1.82) is 0 Å². The van der Waals surface area contributed by atoms with Gasteiger partial charge in [-0.1, -0.05) is 20.8 Å². The van der Waals surface area contributed by atoms with E-state index in [-0.39, 0.29) is 11.5 Å². The SMILES string of the molecule is CCC1(CC)C(C)CC[C@@H]1O. The van der Waals surface area contributed by atoms with Crippen LogP contribution in [0.25, 0.3) is 0 Å². The first kappa shape index (κ1) is 9.05. The molecule has 0 aromatic heterocycles. The standard InChI is InChI=1S/C10H20O/c1-4-10(5-2)8(3)6-7-9(10)11/h8-9,11H,4-7H2,1-3H3/t8?,9-/m0/s1. The molecule has 1 fully saturated rings. The zero-order chi connectivity index (χ0) is 8.48. The van der Waals surface area contributed by atoms with Crippen LogP contribution in [0.4, 0.5) is 0 Å². The quantitative estimate of drug-likeness (QED) is 0.651. The zero-order valence-electron chi connectivity index (χ0n) is 7.93. The lowest BCUT2D eigenvalue weighted by Crippen LogP contribution is -2.33. The summed E-state index contributed by atoms with van der Waals surface area (Å²) in [4.78, 5) is 0. The van der Waals surface area contributed by atoms with E-state index in [0.29, 0.717) is 5.92 Å². The minimum absolute atomic E-state index is 0.0347. The zero-order valence-corrected chi connectivity index (χ0v) is 7.93. The van der Waals surface area contributed by atoms with Crippen LogP contribution in [0.1, 0.15) is 46.5 Å². The van der Waals surface area contributed by atoms with E-state index in [1.54, 1.807) is 0 Å². The van der Waals surface area contributed by atoms with Gasteiger partial charge in [-0.15, -0.1) is 0 Å².